The number of hydrogen-bond donors (Lipinski definition) is 2. The Kier molecular flexibility index (Phi) is 4.32. The molecule has 112 valence electrons. The zero-order valence-electron chi connectivity index (χ0n) is 11.9. The Morgan fingerprint density at radius 3 is 2.57 bits per heavy atom. The minimum atomic E-state index is 0.326. The van der Waals surface area contributed by atoms with Gasteiger partial charge in [-0.05, 0) is 36.4 Å². The van der Waals surface area contributed by atoms with Crippen molar-refractivity contribution in [2.75, 3.05) is 10.6 Å². The topological polar surface area (TPSA) is 86.5 Å². The molecule has 7 heteroatoms. The summed E-state index contributed by atoms with van der Waals surface area (Å²) in [4.78, 5) is 4.33. The van der Waals surface area contributed by atoms with Gasteiger partial charge in [0.05, 0.1) is 17.8 Å². The van der Waals surface area contributed by atoms with Crippen molar-refractivity contribution in [2.45, 2.75) is 0 Å². The fourth-order valence-electron chi connectivity index (χ4n) is 1.93. The van der Waals surface area contributed by atoms with Gasteiger partial charge in [0, 0.05) is 16.4 Å². The van der Waals surface area contributed by atoms with Gasteiger partial charge in [0.25, 0.3) is 0 Å². The summed E-state index contributed by atoms with van der Waals surface area (Å²) in [6.07, 6.45) is 1.51. The van der Waals surface area contributed by atoms with Crippen molar-refractivity contribution in [1.29, 1.82) is 5.26 Å². The molecule has 0 aliphatic rings. The van der Waals surface area contributed by atoms with Crippen molar-refractivity contribution in [2.24, 2.45) is 0 Å². The summed E-state index contributed by atoms with van der Waals surface area (Å²) in [6, 6.07) is 16.4. The van der Waals surface area contributed by atoms with Crippen LogP contribution in [0.2, 0.25) is 5.02 Å². The monoisotopic (exact) mass is 322 g/mol. The van der Waals surface area contributed by atoms with E-state index in [1.165, 1.54) is 6.20 Å². The smallest absolute Gasteiger partial charge is 0.249 e. The number of hydrogen-bond acceptors (Lipinski definition) is 6. The van der Waals surface area contributed by atoms with Gasteiger partial charge in [-0.3, -0.25) is 0 Å². The van der Waals surface area contributed by atoms with E-state index in [0.717, 1.165) is 5.69 Å². The van der Waals surface area contributed by atoms with Gasteiger partial charge in [-0.2, -0.15) is 15.3 Å². The van der Waals surface area contributed by atoms with Crippen LogP contribution < -0.4 is 10.6 Å². The van der Waals surface area contributed by atoms with E-state index < -0.39 is 0 Å². The van der Waals surface area contributed by atoms with E-state index in [1.807, 2.05) is 18.2 Å². The number of nitrogens with one attached hydrogen (secondary N) is 2. The Balaban J connectivity index is 1.78. The average molecular weight is 323 g/mol. The lowest BCUT2D eigenvalue weighted by Gasteiger charge is -2.08. The minimum Gasteiger partial charge on any atom is -0.339 e. The summed E-state index contributed by atoms with van der Waals surface area (Å²) in [6.45, 7) is 0. The van der Waals surface area contributed by atoms with Gasteiger partial charge < -0.3 is 10.6 Å². The van der Waals surface area contributed by atoms with Gasteiger partial charge in [0.15, 0.2) is 5.82 Å². The molecule has 1 heterocycles. The van der Waals surface area contributed by atoms with Crippen LogP contribution in [-0.2, 0) is 0 Å². The zero-order valence-corrected chi connectivity index (χ0v) is 12.6. The first-order valence-corrected chi connectivity index (χ1v) is 7.10. The van der Waals surface area contributed by atoms with Gasteiger partial charge in [0.1, 0.15) is 0 Å². The molecule has 2 aromatic carbocycles. The van der Waals surface area contributed by atoms with E-state index in [2.05, 4.69) is 31.9 Å². The molecule has 0 aliphatic carbocycles. The number of rotatable bonds is 4. The van der Waals surface area contributed by atoms with E-state index >= 15 is 0 Å². The number of halogens is 1. The lowest BCUT2D eigenvalue weighted by Crippen LogP contribution is -2.02. The molecular formula is C16H11ClN6. The van der Waals surface area contributed by atoms with E-state index in [-0.39, 0.29) is 0 Å². The molecular weight excluding hydrogens is 312 g/mol. The summed E-state index contributed by atoms with van der Waals surface area (Å²) in [5, 5.41) is 23.5. The first-order valence-electron chi connectivity index (χ1n) is 6.72. The van der Waals surface area contributed by atoms with E-state index in [9.17, 15) is 0 Å². The number of nitrogens with zero attached hydrogens (tertiary/aromatic N) is 4. The summed E-state index contributed by atoms with van der Waals surface area (Å²) in [5.74, 6) is 0.855. The number of aromatic nitrogens is 3. The molecule has 0 unspecified atom stereocenters. The second-order valence-corrected chi connectivity index (χ2v) is 5.05. The zero-order chi connectivity index (χ0) is 16.1. The fraction of sp³-hybridized carbons (Fsp3) is 0. The van der Waals surface area contributed by atoms with Crippen LogP contribution in [0.25, 0.3) is 0 Å². The van der Waals surface area contributed by atoms with E-state index in [1.54, 1.807) is 30.3 Å². The normalized spacial score (nSPS) is 9.91. The Bertz CT molecular complexity index is 874. The number of benzene rings is 2. The van der Waals surface area contributed by atoms with Gasteiger partial charge in [0.2, 0.25) is 5.95 Å². The first kappa shape index (κ1) is 14.8. The molecule has 2 N–H and O–H groups in total. The van der Waals surface area contributed by atoms with Gasteiger partial charge in [-0.15, -0.1) is 5.10 Å². The Labute approximate surface area is 137 Å². The molecule has 3 aromatic rings. The van der Waals surface area contributed by atoms with Gasteiger partial charge in [-0.25, -0.2) is 0 Å². The quantitative estimate of drug-likeness (QED) is 0.758. The van der Waals surface area contributed by atoms with Crippen LogP contribution in [0.15, 0.2) is 54.7 Å². The second-order valence-electron chi connectivity index (χ2n) is 4.62. The van der Waals surface area contributed by atoms with E-state index in [4.69, 9.17) is 16.9 Å². The highest BCUT2D eigenvalue weighted by molar-refractivity contribution is 6.30. The van der Waals surface area contributed by atoms with Crippen molar-refractivity contribution < 1.29 is 0 Å². The van der Waals surface area contributed by atoms with Gasteiger partial charge >= 0.3 is 0 Å². The Morgan fingerprint density at radius 1 is 1.00 bits per heavy atom. The Morgan fingerprint density at radius 2 is 1.78 bits per heavy atom. The molecule has 0 amide bonds. The van der Waals surface area contributed by atoms with Crippen LogP contribution >= 0.6 is 11.6 Å². The van der Waals surface area contributed by atoms with Crippen LogP contribution in [-0.4, -0.2) is 15.2 Å². The lowest BCUT2D eigenvalue weighted by molar-refractivity contribution is 0.982. The maximum Gasteiger partial charge on any atom is 0.249 e. The highest BCUT2D eigenvalue weighted by Crippen LogP contribution is 2.20. The molecule has 6 nitrogen and oxygen atoms in total. The molecule has 0 atom stereocenters. The molecule has 3 rings (SSSR count). The standard InChI is InChI=1S/C16H11ClN6/c17-12-4-2-6-14(8-12)20-15-10-19-23-16(22-15)21-13-5-1-3-11(7-13)9-18/h1-8,10H,(H2,20,21,22,23). The summed E-state index contributed by atoms with van der Waals surface area (Å²) in [7, 11) is 0. The second kappa shape index (κ2) is 6.73. The molecule has 0 bridgehead atoms. The summed E-state index contributed by atoms with van der Waals surface area (Å²) in [5.41, 5.74) is 2.07. The molecule has 1 aromatic heterocycles. The highest BCUT2D eigenvalue weighted by atomic mass is 35.5. The SMILES string of the molecule is N#Cc1cccc(Nc2nncc(Nc3cccc(Cl)c3)n2)c1. The maximum absolute atomic E-state index is 8.92. The predicted molar refractivity (Wildman–Crippen MR) is 89.0 cm³/mol. The van der Waals surface area contributed by atoms with Crippen LogP contribution in [0, 0.1) is 11.3 Å². The maximum atomic E-state index is 8.92. The molecule has 0 fully saturated rings. The number of nitriles is 1. The van der Waals surface area contributed by atoms with E-state index in [0.29, 0.717) is 28.0 Å². The van der Waals surface area contributed by atoms with Crippen molar-refractivity contribution in [1.82, 2.24) is 15.2 Å². The van der Waals surface area contributed by atoms with Crippen molar-refractivity contribution in [3.05, 3.63) is 65.3 Å². The highest BCUT2D eigenvalue weighted by Gasteiger charge is 2.03. The summed E-state index contributed by atoms with van der Waals surface area (Å²) < 4.78 is 0. The van der Waals surface area contributed by atoms with Crippen LogP contribution in [0.1, 0.15) is 5.56 Å². The third-order valence-corrected chi connectivity index (χ3v) is 3.14. The molecule has 0 saturated heterocycles. The average Bonchev–Trinajstić information content (AvgIpc) is 2.55. The molecule has 0 saturated carbocycles. The van der Waals surface area contributed by atoms with Crippen LogP contribution in [0.5, 0.6) is 0 Å². The summed E-state index contributed by atoms with van der Waals surface area (Å²) >= 11 is 5.95. The molecule has 23 heavy (non-hydrogen) atoms. The first-order chi connectivity index (χ1) is 11.2. The minimum absolute atomic E-state index is 0.326. The molecule has 0 spiro atoms. The third kappa shape index (κ3) is 3.93. The molecule has 0 radical (unpaired) electrons. The fourth-order valence-corrected chi connectivity index (χ4v) is 2.12. The van der Waals surface area contributed by atoms with Crippen LogP contribution in [0.3, 0.4) is 0 Å². The van der Waals surface area contributed by atoms with Crippen LogP contribution in [0.4, 0.5) is 23.1 Å². The van der Waals surface area contributed by atoms with Crippen molar-refractivity contribution >= 4 is 34.7 Å². The largest absolute Gasteiger partial charge is 0.339 e. The van der Waals surface area contributed by atoms with Crippen molar-refractivity contribution in [3.63, 3.8) is 0 Å². The van der Waals surface area contributed by atoms with Gasteiger partial charge in [-0.1, -0.05) is 23.7 Å². The Hall–Kier alpha value is -3.17. The predicted octanol–water partition coefficient (Wildman–Crippen LogP) is 3.88. The molecule has 0 aliphatic heterocycles. The van der Waals surface area contributed by atoms with Crippen molar-refractivity contribution in [3.8, 4) is 6.07 Å². The number of anilines is 4. The third-order valence-electron chi connectivity index (χ3n) is 2.90. The lowest BCUT2D eigenvalue weighted by atomic mass is 10.2.